The Morgan fingerprint density at radius 3 is 1.35 bits per heavy atom. The third-order valence-electron chi connectivity index (χ3n) is 14.0. The van der Waals surface area contributed by atoms with Gasteiger partial charge < -0.3 is 65.1 Å². The zero-order valence-corrected chi connectivity index (χ0v) is 42.9. The first-order valence-electron chi connectivity index (χ1n) is 27.9. The zero-order valence-electron chi connectivity index (χ0n) is 42.9. The predicted molar refractivity (Wildman–Crippen MR) is 268 cm³/mol. The lowest BCUT2D eigenvalue weighted by Gasteiger charge is -2.46. The Labute approximate surface area is 412 Å². The number of ether oxygens (including phenoxy) is 4. The van der Waals surface area contributed by atoms with Gasteiger partial charge in [0.1, 0.15) is 48.8 Å². The van der Waals surface area contributed by atoms with E-state index >= 15 is 0 Å². The number of amides is 1. The smallest absolute Gasteiger partial charge is 0.220 e. The van der Waals surface area contributed by atoms with Crippen LogP contribution < -0.4 is 5.32 Å². The van der Waals surface area contributed by atoms with Crippen molar-refractivity contribution in [2.45, 2.75) is 306 Å². The normalized spacial score (nSPS) is 26.4. The van der Waals surface area contributed by atoms with Gasteiger partial charge in [0.05, 0.1) is 32.0 Å². The molecule has 2 aliphatic rings. The molecule has 9 N–H and O–H groups in total. The topological polar surface area (TPSA) is 228 Å². The van der Waals surface area contributed by atoms with E-state index in [-0.39, 0.29) is 18.9 Å². The molecule has 0 spiro atoms. The quantitative estimate of drug-likeness (QED) is 0.0207. The number of nitrogens with one attached hydrogen (secondary N) is 1. The van der Waals surface area contributed by atoms with E-state index in [1.807, 2.05) is 6.08 Å². The molecular formula is C54H103NO13. The fourth-order valence-electron chi connectivity index (χ4n) is 9.41. The number of hydrogen-bond acceptors (Lipinski definition) is 13. The SMILES string of the molecule is CCCCCCCCCCCCCCCCCCCCCCCCCC/C=C/C(O)C(COC1OC(CO)C(OC2OC(CO)C(O)C(O)C2O)C(O)C1O)NC(=O)CCCCCCCCCC. The van der Waals surface area contributed by atoms with Crippen LogP contribution in [-0.4, -0.2) is 140 Å². The van der Waals surface area contributed by atoms with Crippen LogP contribution in [0, 0.1) is 0 Å². The second kappa shape index (κ2) is 41.2. The van der Waals surface area contributed by atoms with Crippen molar-refractivity contribution in [3.05, 3.63) is 12.2 Å². The highest BCUT2D eigenvalue weighted by molar-refractivity contribution is 5.76. The number of aliphatic hydroxyl groups excluding tert-OH is 8. The number of hydrogen-bond donors (Lipinski definition) is 9. The Balaban J connectivity index is 1.70. The molecule has 12 atom stereocenters. The lowest BCUT2D eigenvalue weighted by Crippen LogP contribution is -2.65. The molecule has 2 heterocycles. The molecule has 0 aliphatic carbocycles. The summed E-state index contributed by atoms with van der Waals surface area (Å²) >= 11 is 0. The van der Waals surface area contributed by atoms with Gasteiger partial charge in [-0.1, -0.05) is 219 Å². The molecule has 2 aliphatic heterocycles. The zero-order chi connectivity index (χ0) is 49.6. The summed E-state index contributed by atoms with van der Waals surface area (Å²) in [5.74, 6) is -0.242. The highest BCUT2D eigenvalue weighted by atomic mass is 16.7. The molecule has 14 heteroatoms. The molecular weight excluding hydrogens is 871 g/mol. The van der Waals surface area contributed by atoms with Crippen molar-refractivity contribution in [3.63, 3.8) is 0 Å². The van der Waals surface area contributed by atoms with Crippen molar-refractivity contribution < 1.29 is 64.6 Å². The van der Waals surface area contributed by atoms with Crippen LogP contribution in [0.25, 0.3) is 0 Å². The first kappa shape index (κ1) is 62.8. The van der Waals surface area contributed by atoms with Gasteiger partial charge in [0.2, 0.25) is 5.91 Å². The number of allylic oxidation sites excluding steroid dienone is 1. The third-order valence-corrected chi connectivity index (χ3v) is 14.0. The largest absolute Gasteiger partial charge is 0.394 e. The van der Waals surface area contributed by atoms with E-state index in [9.17, 15) is 45.6 Å². The summed E-state index contributed by atoms with van der Waals surface area (Å²) in [6.45, 7) is 2.77. The van der Waals surface area contributed by atoms with Gasteiger partial charge in [0, 0.05) is 6.42 Å². The summed E-state index contributed by atoms with van der Waals surface area (Å²) in [5, 5.41) is 86.7. The number of carbonyl (C=O) groups is 1. The van der Waals surface area contributed by atoms with Crippen molar-refractivity contribution >= 4 is 5.91 Å². The maximum absolute atomic E-state index is 13.1. The van der Waals surface area contributed by atoms with Crippen LogP contribution in [0.2, 0.25) is 0 Å². The molecule has 0 saturated carbocycles. The molecule has 2 rings (SSSR count). The van der Waals surface area contributed by atoms with Crippen LogP contribution in [-0.2, 0) is 23.7 Å². The second-order valence-corrected chi connectivity index (χ2v) is 20.1. The summed E-state index contributed by atoms with van der Waals surface area (Å²) in [6, 6.07) is -0.907. The van der Waals surface area contributed by atoms with Gasteiger partial charge in [-0.3, -0.25) is 4.79 Å². The molecule has 0 aromatic carbocycles. The highest BCUT2D eigenvalue weighted by Gasteiger charge is 2.51. The second-order valence-electron chi connectivity index (χ2n) is 20.1. The Morgan fingerprint density at radius 1 is 0.515 bits per heavy atom. The van der Waals surface area contributed by atoms with Gasteiger partial charge >= 0.3 is 0 Å². The van der Waals surface area contributed by atoms with E-state index in [1.165, 1.54) is 167 Å². The lowest BCUT2D eigenvalue weighted by atomic mass is 9.97. The number of unbranched alkanes of at least 4 members (excludes halogenated alkanes) is 31. The molecule has 2 saturated heterocycles. The van der Waals surface area contributed by atoms with Gasteiger partial charge in [0.15, 0.2) is 12.6 Å². The first-order chi connectivity index (χ1) is 33.1. The molecule has 14 nitrogen and oxygen atoms in total. The molecule has 402 valence electrons. The summed E-state index contributed by atoms with van der Waals surface area (Å²) in [7, 11) is 0. The van der Waals surface area contributed by atoms with E-state index in [1.54, 1.807) is 6.08 Å². The molecule has 0 aromatic heterocycles. The molecule has 0 bridgehead atoms. The van der Waals surface area contributed by atoms with Crippen molar-refractivity contribution in [2.75, 3.05) is 19.8 Å². The average Bonchev–Trinajstić information content (AvgIpc) is 3.34. The molecule has 2 fully saturated rings. The van der Waals surface area contributed by atoms with Gasteiger partial charge in [-0.05, 0) is 19.3 Å². The van der Waals surface area contributed by atoms with Gasteiger partial charge in [-0.2, -0.15) is 0 Å². The minimum Gasteiger partial charge on any atom is -0.394 e. The highest BCUT2D eigenvalue weighted by Crippen LogP contribution is 2.30. The molecule has 0 aromatic rings. The first-order valence-corrected chi connectivity index (χ1v) is 27.9. The van der Waals surface area contributed by atoms with E-state index in [4.69, 9.17) is 18.9 Å². The van der Waals surface area contributed by atoms with Gasteiger partial charge in [-0.15, -0.1) is 0 Å². The molecule has 12 unspecified atom stereocenters. The maximum atomic E-state index is 13.1. The van der Waals surface area contributed by atoms with Crippen LogP contribution in [0.1, 0.15) is 232 Å². The standard InChI is InChI=1S/C54H103NO13/c1-3-5-7-9-11-13-14-15-16-17-18-19-20-21-22-23-24-25-26-27-28-29-30-31-33-35-37-43(58)42(55-46(59)38-36-34-32-12-10-8-6-4-2)41-65-53-51(64)49(62)52(45(40-57)67-53)68-54-50(63)48(61)47(60)44(39-56)66-54/h35,37,42-45,47-54,56-58,60-64H,3-34,36,38-41H2,1-2H3,(H,55,59)/b37-35+. The van der Waals surface area contributed by atoms with Crippen LogP contribution in [0.15, 0.2) is 12.2 Å². The number of rotatable bonds is 44. The van der Waals surface area contributed by atoms with Crippen molar-refractivity contribution in [3.8, 4) is 0 Å². The van der Waals surface area contributed by atoms with Crippen LogP contribution in [0.4, 0.5) is 0 Å². The fraction of sp³-hybridized carbons (Fsp3) is 0.944. The van der Waals surface area contributed by atoms with Crippen LogP contribution in [0.3, 0.4) is 0 Å². The molecule has 68 heavy (non-hydrogen) atoms. The minimum absolute atomic E-state index is 0.242. The Hall–Kier alpha value is -1.27. The van der Waals surface area contributed by atoms with Gasteiger partial charge in [-0.25, -0.2) is 0 Å². The maximum Gasteiger partial charge on any atom is 0.220 e. The van der Waals surface area contributed by atoms with Crippen molar-refractivity contribution in [1.82, 2.24) is 5.32 Å². The average molecular weight is 974 g/mol. The molecule has 0 radical (unpaired) electrons. The third kappa shape index (κ3) is 27.5. The summed E-state index contributed by atoms with van der Waals surface area (Å²) in [5.41, 5.74) is 0. The fourth-order valence-corrected chi connectivity index (χ4v) is 9.41. The summed E-state index contributed by atoms with van der Waals surface area (Å²) in [4.78, 5) is 13.1. The number of carbonyl (C=O) groups excluding carboxylic acids is 1. The number of aliphatic hydroxyl groups is 8. The van der Waals surface area contributed by atoms with E-state index in [0.717, 1.165) is 38.5 Å². The van der Waals surface area contributed by atoms with Gasteiger partial charge in [0.25, 0.3) is 0 Å². The predicted octanol–water partition coefficient (Wildman–Crippen LogP) is 8.33. The molecule has 1 amide bonds. The summed E-state index contributed by atoms with van der Waals surface area (Å²) < 4.78 is 22.7. The van der Waals surface area contributed by atoms with E-state index in [0.29, 0.717) is 6.42 Å². The van der Waals surface area contributed by atoms with Crippen molar-refractivity contribution in [2.24, 2.45) is 0 Å². The summed E-state index contributed by atoms with van der Waals surface area (Å²) in [6.07, 6.45) is 28.6. The van der Waals surface area contributed by atoms with Crippen LogP contribution >= 0.6 is 0 Å². The van der Waals surface area contributed by atoms with E-state index < -0.39 is 86.8 Å². The van der Waals surface area contributed by atoms with E-state index in [2.05, 4.69) is 19.2 Å². The van der Waals surface area contributed by atoms with Crippen molar-refractivity contribution in [1.29, 1.82) is 0 Å². The Kier molecular flexibility index (Phi) is 38.1. The Bertz CT molecular complexity index is 1200. The lowest BCUT2D eigenvalue weighted by molar-refractivity contribution is -0.359. The minimum atomic E-state index is -1.78. The Morgan fingerprint density at radius 2 is 0.912 bits per heavy atom. The van der Waals surface area contributed by atoms with Crippen LogP contribution in [0.5, 0.6) is 0 Å². The monoisotopic (exact) mass is 974 g/mol.